The summed E-state index contributed by atoms with van der Waals surface area (Å²) in [5.41, 5.74) is 21.3. The molecule has 2 nitrogen and oxygen atoms in total. The minimum atomic E-state index is -0.400. The highest BCUT2D eigenvalue weighted by Gasteiger charge is 2.43. The molecule has 0 aliphatic heterocycles. The third-order valence-electron chi connectivity index (χ3n) is 20.1. The van der Waals surface area contributed by atoms with E-state index in [9.17, 15) is 0 Å². The van der Waals surface area contributed by atoms with Gasteiger partial charge in [-0.1, -0.05) is 246 Å². The van der Waals surface area contributed by atoms with Crippen LogP contribution in [0.5, 0.6) is 0 Å². The molecule has 0 spiro atoms. The van der Waals surface area contributed by atoms with E-state index in [4.69, 9.17) is 0 Å². The third kappa shape index (κ3) is 7.30. The average Bonchev–Trinajstić information content (AvgIpc) is 1.17. The van der Waals surface area contributed by atoms with Crippen molar-refractivity contribution in [2.24, 2.45) is 0 Å². The fraction of sp³-hybridized carbons (Fsp3) is 0.0698. The van der Waals surface area contributed by atoms with Gasteiger partial charge in [0.25, 0.3) is 0 Å². The van der Waals surface area contributed by atoms with E-state index in [-0.39, 0.29) is 0 Å². The first-order valence-electron chi connectivity index (χ1n) is 31.0. The molecule has 2 heteroatoms. The van der Waals surface area contributed by atoms with E-state index in [1.165, 1.54) is 176 Å². The van der Waals surface area contributed by atoms with E-state index in [2.05, 4.69) is 328 Å². The van der Waals surface area contributed by atoms with Crippen LogP contribution in [0.4, 0.5) is 0 Å². The highest BCUT2D eigenvalue weighted by Crippen LogP contribution is 2.55. The van der Waals surface area contributed by atoms with Crippen LogP contribution < -0.4 is 0 Å². The predicted octanol–water partition coefficient (Wildman–Crippen LogP) is 23.3. The summed E-state index contributed by atoms with van der Waals surface area (Å²) in [7, 11) is 0. The van der Waals surface area contributed by atoms with Gasteiger partial charge in [0.1, 0.15) is 0 Å². The van der Waals surface area contributed by atoms with E-state index in [1.54, 1.807) is 0 Å². The molecule has 17 aromatic rings. The number of benzene rings is 15. The molecule has 0 N–H and O–H groups in total. The molecule has 0 amide bonds. The minimum Gasteiger partial charge on any atom is -0.308 e. The second-order valence-electron chi connectivity index (χ2n) is 25.5. The monoisotopic (exact) mass is 1120 g/mol. The summed E-state index contributed by atoms with van der Waals surface area (Å²) in [5.74, 6) is 0. The minimum absolute atomic E-state index is 0.400. The molecule has 0 saturated heterocycles. The van der Waals surface area contributed by atoms with Crippen molar-refractivity contribution < 1.29 is 0 Å². The molecule has 0 bridgehead atoms. The van der Waals surface area contributed by atoms with E-state index in [0.717, 1.165) is 0 Å². The molecule has 15 aromatic carbocycles. The van der Waals surface area contributed by atoms with Crippen molar-refractivity contribution in [3.8, 4) is 55.9 Å². The van der Waals surface area contributed by atoms with Crippen LogP contribution in [0.3, 0.4) is 0 Å². The van der Waals surface area contributed by atoms with Gasteiger partial charge in [-0.3, -0.25) is 0 Å². The molecule has 18 rings (SSSR count). The lowest BCUT2D eigenvalue weighted by Gasteiger charge is -2.44. The first kappa shape index (κ1) is 50.5. The maximum absolute atomic E-state index is 2.65. The number of hydrogen-bond acceptors (Lipinski definition) is 0. The highest BCUT2D eigenvalue weighted by molar-refractivity contribution is 6.26. The van der Waals surface area contributed by atoms with Crippen molar-refractivity contribution in [1.82, 2.24) is 9.13 Å². The van der Waals surface area contributed by atoms with Crippen molar-refractivity contribution in [2.45, 2.75) is 38.5 Å². The van der Waals surface area contributed by atoms with Crippen molar-refractivity contribution in [1.29, 1.82) is 0 Å². The lowest BCUT2D eigenvalue weighted by atomic mass is 9.59. The van der Waals surface area contributed by atoms with E-state index in [0.29, 0.717) is 0 Å². The highest BCUT2D eigenvalue weighted by atomic mass is 15.0. The molecule has 1 aliphatic carbocycles. The van der Waals surface area contributed by atoms with Gasteiger partial charge in [0.15, 0.2) is 0 Å². The van der Waals surface area contributed by atoms with Crippen molar-refractivity contribution >= 4 is 97.5 Å². The lowest BCUT2D eigenvalue weighted by molar-refractivity contribution is 0.523. The largest absolute Gasteiger partial charge is 0.308 e. The molecule has 1 aliphatic rings. The molecule has 2 heterocycles. The molecule has 2 aromatic heterocycles. The Bertz CT molecular complexity index is 5210. The van der Waals surface area contributed by atoms with Crippen molar-refractivity contribution in [3.63, 3.8) is 0 Å². The van der Waals surface area contributed by atoms with Gasteiger partial charge >= 0.3 is 0 Å². The summed E-state index contributed by atoms with van der Waals surface area (Å²) < 4.78 is 5.25. The smallest absolute Gasteiger partial charge is 0.0620 e. The van der Waals surface area contributed by atoms with E-state index < -0.39 is 10.8 Å². The molecular formula is C86H60N2. The quantitative estimate of drug-likeness (QED) is 0.116. The Kier molecular flexibility index (Phi) is 10.8. The molecular weight excluding hydrogens is 1060 g/mol. The Morgan fingerprint density at radius 2 is 0.409 bits per heavy atom. The topological polar surface area (TPSA) is 9.86 Å². The molecule has 0 fully saturated rings. The first-order valence-corrected chi connectivity index (χ1v) is 31.0. The standard InChI is InChI=1S/C86H60N2/c1-85(2)75-49-67-63-33-19-17-31-61(63)62-32-18-20-34-64(62)68(67)50-76(75)86(3,4)78-52-74-73(51-77(78)85)83(87-79-41-37-57(53-23-9-5-10-24-53)45-69(79)70-46-58(38-42-80(70)87)54-25-11-6-12-26-54)65-35-21-22-36-66(65)84(74)88-81-43-39-59(55-27-13-7-14-28-55)47-71(81)72-48-60(40-44-82(72)88)56-29-15-8-16-30-56/h5-52H,1-4H3. The Balaban J connectivity index is 1.000. The van der Waals surface area contributed by atoms with Crippen LogP contribution in [0.15, 0.2) is 291 Å². The zero-order valence-corrected chi connectivity index (χ0v) is 49.6. The molecule has 0 saturated carbocycles. The van der Waals surface area contributed by atoms with Crippen LogP contribution in [0.25, 0.3) is 153 Å². The maximum Gasteiger partial charge on any atom is 0.0620 e. The molecule has 0 radical (unpaired) electrons. The van der Waals surface area contributed by atoms with Gasteiger partial charge < -0.3 is 9.13 Å². The second-order valence-corrected chi connectivity index (χ2v) is 25.5. The van der Waals surface area contributed by atoms with Crippen molar-refractivity contribution in [2.75, 3.05) is 0 Å². The number of nitrogens with zero attached hydrogens (tertiary/aromatic N) is 2. The second kappa shape index (κ2) is 18.8. The van der Waals surface area contributed by atoms with Crippen LogP contribution in [-0.4, -0.2) is 9.13 Å². The maximum atomic E-state index is 2.65. The Hall–Kier alpha value is -10.8. The zero-order valence-electron chi connectivity index (χ0n) is 49.6. The van der Waals surface area contributed by atoms with Gasteiger partial charge in [-0.25, -0.2) is 0 Å². The van der Waals surface area contributed by atoms with Crippen LogP contribution in [0.1, 0.15) is 49.9 Å². The molecule has 88 heavy (non-hydrogen) atoms. The summed E-state index contributed by atoms with van der Waals surface area (Å²) in [6, 6.07) is 110. The van der Waals surface area contributed by atoms with Crippen LogP contribution >= 0.6 is 0 Å². The number of fused-ring (bicyclic) bond motifs is 16. The zero-order chi connectivity index (χ0) is 58.6. The van der Waals surface area contributed by atoms with Crippen LogP contribution in [-0.2, 0) is 10.8 Å². The van der Waals surface area contributed by atoms with Gasteiger partial charge in [-0.2, -0.15) is 0 Å². The first-order chi connectivity index (χ1) is 43.2. The number of rotatable bonds is 6. The van der Waals surface area contributed by atoms with Gasteiger partial charge in [0.05, 0.1) is 33.4 Å². The van der Waals surface area contributed by atoms with Crippen LogP contribution in [0, 0.1) is 0 Å². The van der Waals surface area contributed by atoms with Gasteiger partial charge in [0.2, 0.25) is 0 Å². The summed E-state index contributed by atoms with van der Waals surface area (Å²) >= 11 is 0. The lowest BCUT2D eigenvalue weighted by Crippen LogP contribution is -2.36. The summed E-state index contributed by atoms with van der Waals surface area (Å²) in [6.45, 7) is 9.95. The summed E-state index contributed by atoms with van der Waals surface area (Å²) in [6.07, 6.45) is 0. The summed E-state index contributed by atoms with van der Waals surface area (Å²) in [5, 5.41) is 17.5. The normalized spacial score (nSPS) is 13.6. The van der Waals surface area contributed by atoms with Gasteiger partial charge in [0, 0.05) is 53.9 Å². The fourth-order valence-electron chi connectivity index (χ4n) is 15.7. The third-order valence-corrected chi connectivity index (χ3v) is 20.1. The SMILES string of the molecule is CC1(C)c2cc3c(-n4c5ccc(-c6ccccc6)cc5c5cc(-c6ccccc6)ccc54)c4ccccc4c(-n4c5ccc(-c6ccccc6)cc5c5cc(-c6ccccc6)ccc54)c3cc2C(C)(C)c2cc3c4ccccc4c4ccccc4c3cc21. The fourth-order valence-corrected chi connectivity index (χ4v) is 15.7. The van der Waals surface area contributed by atoms with Crippen molar-refractivity contribution in [3.05, 3.63) is 313 Å². The molecule has 0 atom stereocenters. The van der Waals surface area contributed by atoms with Gasteiger partial charge in [-0.15, -0.1) is 0 Å². The average molecular weight is 1120 g/mol. The Labute approximate surface area is 511 Å². The molecule has 414 valence electrons. The summed E-state index contributed by atoms with van der Waals surface area (Å²) in [4.78, 5) is 0. The Morgan fingerprint density at radius 3 is 0.682 bits per heavy atom. The Morgan fingerprint density at radius 1 is 0.182 bits per heavy atom. The van der Waals surface area contributed by atoms with Crippen LogP contribution in [0.2, 0.25) is 0 Å². The van der Waals surface area contributed by atoms with E-state index >= 15 is 0 Å². The number of aromatic nitrogens is 2. The molecule has 0 unspecified atom stereocenters. The van der Waals surface area contributed by atoms with Gasteiger partial charge in [-0.05, 0) is 172 Å². The predicted molar refractivity (Wildman–Crippen MR) is 375 cm³/mol. The number of hydrogen-bond donors (Lipinski definition) is 0. The van der Waals surface area contributed by atoms with E-state index in [1.807, 2.05) is 0 Å².